The number of rotatable bonds is 4. The number of nitrogens with one attached hydrogen (secondary N) is 2. The number of hydrogen-bond donors (Lipinski definition) is 2. The predicted molar refractivity (Wildman–Crippen MR) is 135 cm³/mol. The lowest BCUT2D eigenvalue weighted by Gasteiger charge is -2.31. The van der Waals surface area contributed by atoms with E-state index >= 15 is 0 Å². The van der Waals surface area contributed by atoms with Crippen molar-refractivity contribution in [1.29, 1.82) is 0 Å². The van der Waals surface area contributed by atoms with E-state index in [1.54, 1.807) is 12.1 Å². The van der Waals surface area contributed by atoms with Crippen molar-refractivity contribution in [2.45, 2.75) is 33.1 Å². The molecule has 5 nitrogen and oxygen atoms in total. The number of anilines is 2. The van der Waals surface area contributed by atoms with Gasteiger partial charge in [-0.15, -0.1) is 0 Å². The Balaban J connectivity index is 1.45. The van der Waals surface area contributed by atoms with E-state index in [1.807, 2.05) is 43.3 Å². The van der Waals surface area contributed by atoms with Gasteiger partial charge in [0.25, 0.3) is 5.91 Å². The summed E-state index contributed by atoms with van der Waals surface area (Å²) >= 11 is 11.9. The topological polar surface area (TPSA) is 57.5 Å². The van der Waals surface area contributed by atoms with Crippen LogP contribution in [0.5, 0.6) is 0 Å². The molecule has 0 bridgehead atoms. The Morgan fingerprint density at radius 1 is 1.03 bits per heavy atom. The molecule has 1 aliphatic heterocycles. The van der Waals surface area contributed by atoms with E-state index in [4.69, 9.17) is 28.2 Å². The number of furan rings is 1. The second-order valence-corrected chi connectivity index (χ2v) is 8.87. The summed E-state index contributed by atoms with van der Waals surface area (Å²) in [5, 5.41) is 6.70. The minimum Gasteiger partial charge on any atom is -0.451 e. The zero-order valence-electron chi connectivity index (χ0n) is 18.2. The Hall–Kier alpha value is -2.83. The molecule has 0 saturated carbocycles. The van der Waals surface area contributed by atoms with Crippen LogP contribution < -0.4 is 15.5 Å². The van der Waals surface area contributed by atoms with Crippen LogP contribution in [0.4, 0.5) is 11.4 Å². The van der Waals surface area contributed by atoms with Gasteiger partial charge < -0.3 is 14.6 Å². The Labute approximate surface area is 198 Å². The van der Waals surface area contributed by atoms with Gasteiger partial charge in [0.05, 0.1) is 16.4 Å². The maximum atomic E-state index is 12.7. The summed E-state index contributed by atoms with van der Waals surface area (Å²) in [6.07, 6.45) is 3.49. The van der Waals surface area contributed by atoms with Gasteiger partial charge in [-0.25, -0.2) is 0 Å². The highest BCUT2D eigenvalue weighted by Gasteiger charge is 2.19. The molecule has 2 N–H and O–H groups in total. The first-order valence-corrected chi connectivity index (χ1v) is 11.5. The van der Waals surface area contributed by atoms with Crippen LogP contribution in [0, 0.1) is 13.8 Å². The Bertz CT molecular complexity index is 1150. The van der Waals surface area contributed by atoms with Gasteiger partial charge in [0.1, 0.15) is 5.76 Å². The first-order chi connectivity index (χ1) is 15.4. The molecule has 32 heavy (non-hydrogen) atoms. The van der Waals surface area contributed by atoms with Gasteiger partial charge in [-0.2, -0.15) is 0 Å². The molecule has 3 aromatic rings. The summed E-state index contributed by atoms with van der Waals surface area (Å²) in [4.78, 5) is 15.0. The van der Waals surface area contributed by atoms with E-state index in [1.165, 1.54) is 17.5 Å². The number of nitrogens with zero attached hydrogens (tertiary/aromatic N) is 1. The first kappa shape index (κ1) is 22.4. The molecular formula is C25H26ClN3O2S. The van der Waals surface area contributed by atoms with E-state index in [0.29, 0.717) is 10.8 Å². The van der Waals surface area contributed by atoms with E-state index < -0.39 is 5.91 Å². The number of thiocarbonyl (C=S) groups is 1. The Morgan fingerprint density at radius 2 is 1.81 bits per heavy atom. The molecule has 1 amide bonds. The fourth-order valence-electron chi connectivity index (χ4n) is 3.88. The number of aryl methyl sites for hydroxylation is 2. The highest BCUT2D eigenvalue weighted by Crippen LogP contribution is 2.35. The average Bonchev–Trinajstić information content (AvgIpc) is 3.27. The van der Waals surface area contributed by atoms with E-state index in [0.717, 1.165) is 42.9 Å². The molecule has 1 aromatic heterocycles. The van der Waals surface area contributed by atoms with Crippen molar-refractivity contribution in [2.24, 2.45) is 0 Å². The van der Waals surface area contributed by atoms with Gasteiger partial charge in [-0.05, 0) is 86.8 Å². The number of para-hydroxylation sites is 1. The number of amides is 1. The summed E-state index contributed by atoms with van der Waals surface area (Å²) in [7, 11) is 0. The first-order valence-electron chi connectivity index (χ1n) is 10.8. The molecule has 1 fully saturated rings. The molecule has 2 aromatic carbocycles. The van der Waals surface area contributed by atoms with E-state index in [-0.39, 0.29) is 10.9 Å². The van der Waals surface area contributed by atoms with Gasteiger partial charge in [-0.3, -0.25) is 10.1 Å². The second-order valence-electron chi connectivity index (χ2n) is 8.05. The lowest BCUT2D eigenvalue weighted by molar-refractivity contribution is 0.0951. The van der Waals surface area contributed by atoms with Gasteiger partial charge in [0.2, 0.25) is 0 Å². The summed E-state index contributed by atoms with van der Waals surface area (Å²) in [5.41, 5.74) is 5.00. The number of carbonyl (C=O) groups is 1. The number of piperidine rings is 1. The molecule has 7 heteroatoms. The standard InChI is InChI=1S/C25H26ClN3O2S/c1-16-9-10-18(15-17(16)2)21-11-12-22(31-21)24(30)28-25(32)27-20-8-6-7-19(26)23(20)29-13-4-3-5-14-29/h6-12,15H,3-5,13-14H2,1-2H3,(H2,27,28,30,32). The quantitative estimate of drug-likeness (QED) is 0.439. The van der Waals surface area contributed by atoms with Crippen LogP contribution in [0.3, 0.4) is 0 Å². The SMILES string of the molecule is Cc1ccc(-c2ccc(C(=O)NC(=S)Nc3cccc(Cl)c3N3CCCCC3)o2)cc1C. The van der Waals surface area contributed by atoms with Gasteiger partial charge in [0.15, 0.2) is 10.9 Å². The molecule has 166 valence electrons. The highest BCUT2D eigenvalue weighted by atomic mass is 35.5. The van der Waals surface area contributed by atoms with Crippen molar-refractivity contribution in [1.82, 2.24) is 5.32 Å². The lowest BCUT2D eigenvalue weighted by Crippen LogP contribution is -2.35. The summed E-state index contributed by atoms with van der Waals surface area (Å²) in [6.45, 7) is 6.01. The smallest absolute Gasteiger partial charge is 0.293 e. The van der Waals surface area contributed by atoms with Crippen molar-refractivity contribution in [2.75, 3.05) is 23.3 Å². The van der Waals surface area contributed by atoms with Crippen LogP contribution in [0.2, 0.25) is 5.02 Å². The fourth-order valence-corrected chi connectivity index (χ4v) is 4.38. The lowest BCUT2D eigenvalue weighted by atomic mass is 10.1. The molecule has 1 saturated heterocycles. The van der Waals surface area contributed by atoms with E-state index in [2.05, 4.69) is 22.5 Å². The van der Waals surface area contributed by atoms with E-state index in [9.17, 15) is 4.79 Å². The van der Waals surface area contributed by atoms with Crippen LogP contribution in [-0.2, 0) is 0 Å². The Morgan fingerprint density at radius 3 is 2.56 bits per heavy atom. The van der Waals surface area contributed by atoms with Crippen LogP contribution >= 0.6 is 23.8 Å². The van der Waals surface area contributed by atoms with Crippen molar-refractivity contribution >= 4 is 46.2 Å². The predicted octanol–water partition coefficient (Wildman–Crippen LogP) is 6.33. The zero-order valence-corrected chi connectivity index (χ0v) is 19.8. The molecule has 1 aliphatic rings. The van der Waals surface area contributed by atoms with Crippen molar-refractivity contribution in [3.05, 3.63) is 70.4 Å². The normalized spacial score (nSPS) is 13.7. The molecule has 0 atom stereocenters. The second kappa shape index (κ2) is 9.76. The van der Waals surface area contributed by atoms with Crippen LogP contribution in [-0.4, -0.2) is 24.1 Å². The highest BCUT2D eigenvalue weighted by molar-refractivity contribution is 7.80. The maximum absolute atomic E-state index is 12.7. The number of halogens is 1. The molecular weight excluding hydrogens is 442 g/mol. The van der Waals surface area contributed by atoms with Gasteiger partial charge in [0, 0.05) is 18.7 Å². The minimum absolute atomic E-state index is 0.194. The van der Waals surface area contributed by atoms with Crippen molar-refractivity contribution in [3.63, 3.8) is 0 Å². The average molecular weight is 468 g/mol. The number of carbonyl (C=O) groups excluding carboxylic acids is 1. The summed E-state index contributed by atoms with van der Waals surface area (Å²) in [5.74, 6) is 0.434. The molecule has 0 aliphatic carbocycles. The van der Waals surface area contributed by atoms with Crippen LogP contribution in [0.15, 0.2) is 52.9 Å². The monoisotopic (exact) mass is 467 g/mol. The largest absolute Gasteiger partial charge is 0.451 e. The van der Waals surface area contributed by atoms with Crippen LogP contribution in [0.1, 0.15) is 40.9 Å². The van der Waals surface area contributed by atoms with Gasteiger partial charge in [-0.1, -0.05) is 29.8 Å². The number of benzene rings is 2. The van der Waals surface area contributed by atoms with Crippen molar-refractivity contribution in [3.8, 4) is 11.3 Å². The Kier molecular flexibility index (Phi) is 6.82. The molecule has 0 radical (unpaired) electrons. The molecule has 4 rings (SSSR count). The third-order valence-corrected chi connectivity index (χ3v) is 6.26. The third-order valence-electron chi connectivity index (χ3n) is 5.76. The minimum atomic E-state index is -0.404. The number of hydrogen-bond acceptors (Lipinski definition) is 4. The van der Waals surface area contributed by atoms with Gasteiger partial charge >= 0.3 is 0 Å². The maximum Gasteiger partial charge on any atom is 0.293 e. The molecule has 0 unspecified atom stereocenters. The van der Waals surface area contributed by atoms with Crippen LogP contribution in [0.25, 0.3) is 11.3 Å². The summed E-state index contributed by atoms with van der Waals surface area (Å²) < 4.78 is 5.79. The summed E-state index contributed by atoms with van der Waals surface area (Å²) in [6, 6.07) is 15.2. The van der Waals surface area contributed by atoms with Crippen molar-refractivity contribution < 1.29 is 9.21 Å². The molecule has 0 spiro atoms. The third kappa shape index (κ3) is 4.97. The zero-order chi connectivity index (χ0) is 22.7. The fraction of sp³-hybridized carbons (Fsp3) is 0.280. The molecule has 2 heterocycles.